The van der Waals surface area contributed by atoms with Crippen molar-refractivity contribution in [1.82, 2.24) is 10.2 Å². The number of nitrogens with one attached hydrogen (secondary N) is 1. The monoisotopic (exact) mass is 270 g/mol. The lowest BCUT2D eigenvalue weighted by molar-refractivity contribution is -0.144. The van der Waals surface area contributed by atoms with Crippen LogP contribution in [0.25, 0.3) is 0 Å². The van der Waals surface area contributed by atoms with Crippen LogP contribution in [-0.4, -0.2) is 48.2 Å². The molecule has 0 aromatic heterocycles. The van der Waals surface area contributed by atoms with Gasteiger partial charge in [-0.15, -0.1) is 0 Å². The second kappa shape index (κ2) is 7.25. The number of carboxylic acid groups (broad SMARTS) is 1. The van der Waals surface area contributed by atoms with Gasteiger partial charge in [0, 0.05) is 12.6 Å². The zero-order valence-corrected chi connectivity index (χ0v) is 12.9. The number of carboxylic acids is 1. The molecule has 1 aliphatic carbocycles. The van der Waals surface area contributed by atoms with Gasteiger partial charge in [0.1, 0.15) is 5.54 Å². The Morgan fingerprint density at radius 2 is 1.95 bits per heavy atom. The zero-order chi connectivity index (χ0) is 14.5. The number of nitrogens with zero attached hydrogens (tertiary/aromatic N) is 1. The fourth-order valence-corrected chi connectivity index (χ4v) is 2.92. The van der Waals surface area contributed by atoms with E-state index in [1.807, 2.05) is 0 Å². The molecule has 0 amide bonds. The van der Waals surface area contributed by atoms with E-state index in [0.29, 0.717) is 12.5 Å². The van der Waals surface area contributed by atoms with E-state index in [-0.39, 0.29) is 0 Å². The normalized spacial score (nSPS) is 27.2. The molecule has 0 bridgehead atoms. The summed E-state index contributed by atoms with van der Waals surface area (Å²) in [4.78, 5) is 13.6. The molecular formula is C15H30N2O2. The summed E-state index contributed by atoms with van der Waals surface area (Å²) in [5.74, 6) is 0.143. The van der Waals surface area contributed by atoms with E-state index in [2.05, 4.69) is 24.2 Å². The Hall–Kier alpha value is -0.610. The maximum atomic E-state index is 11.2. The smallest absolute Gasteiger partial charge is 0.323 e. The molecule has 4 heteroatoms. The first-order valence-corrected chi connectivity index (χ1v) is 7.55. The van der Waals surface area contributed by atoms with Crippen molar-refractivity contribution in [2.24, 2.45) is 5.92 Å². The molecule has 0 spiro atoms. The van der Waals surface area contributed by atoms with Gasteiger partial charge in [-0.25, -0.2) is 0 Å². The van der Waals surface area contributed by atoms with Crippen molar-refractivity contribution in [2.45, 2.75) is 64.0 Å². The first kappa shape index (κ1) is 16.4. The molecule has 1 saturated carbocycles. The Kier molecular flexibility index (Phi) is 6.27. The van der Waals surface area contributed by atoms with Crippen molar-refractivity contribution in [2.75, 3.05) is 20.6 Å². The van der Waals surface area contributed by atoms with Gasteiger partial charge in [0.05, 0.1) is 0 Å². The molecule has 0 aromatic rings. The summed E-state index contributed by atoms with van der Waals surface area (Å²) in [6, 6.07) is 0.637. The topological polar surface area (TPSA) is 52.6 Å². The van der Waals surface area contributed by atoms with Crippen LogP contribution in [0.1, 0.15) is 52.4 Å². The van der Waals surface area contributed by atoms with Crippen LogP contribution in [0.4, 0.5) is 0 Å². The van der Waals surface area contributed by atoms with Gasteiger partial charge in [0.15, 0.2) is 0 Å². The van der Waals surface area contributed by atoms with Crippen LogP contribution < -0.4 is 5.32 Å². The minimum atomic E-state index is -0.811. The van der Waals surface area contributed by atoms with Gasteiger partial charge in [-0.3, -0.25) is 4.79 Å². The Morgan fingerprint density at radius 3 is 2.37 bits per heavy atom. The lowest BCUT2D eigenvalue weighted by Gasteiger charge is -2.36. The predicted octanol–water partition coefficient (Wildman–Crippen LogP) is 2.34. The molecule has 0 aliphatic heterocycles. The van der Waals surface area contributed by atoms with Crippen LogP contribution in [-0.2, 0) is 4.79 Å². The summed E-state index contributed by atoms with van der Waals surface area (Å²) in [7, 11) is 3.86. The van der Waals surface area contributed by atoms with Crippen molar-refractivity contribution in [3.63, 3.8) is 0 Å². The second-order valence-electron chi connectivity index (χ2n) is 6.20. The first-order chi connectivity index (χ1) is 8.92. The minimum absolute atomic E-state index is 0.637. The van der Waals surface area contributed by atoms with Gasteiger partial charge in [0.25, 0.3) is 0 Å². The third-order valence-corrected chi connectivity index (χ3v) is 5.01. The summed E-state index contributed by atoms with van der Waals surface area (Å²) in [6.45, 7) is 4.88. The number of likely N-dealkylation sites (N-methyl/N-ethyl adjacent to an activating group) is 1. The summed E-state index contributed by atoms with van der Waals surface area (Å²) >= 11 is 0. The van der Waals surface area contributed by atoms with E-state index in [4.69, 9.17) is 0 Å². The number of hydrogen-bond acceptors (Lipinski definition) is 3. The highest BCUT2D eigenvalue weighted by atomic mass is 16.4. The maximum Gasteiger partial charge on any atom is 0.323 e. The summed E-state index contributed by atoms with van der Waals surface area (Å²) in [5.41, 5.74) is -0.811. The largest absolute Gasteiger partial charge is 0.480 e. The molecular weight excluding hydrogens is 240 g/mol. The van der Waals surface area contributed by atoms with E-state index < -0.39 is 11.5 Å². The molecule has 4 nitrogen and oxygen atoms in total. The van der Waals surface area contributed by atoms with E-state index in [9.17, 15) is 9.90 Å². The minimum Gasteiger partial charge on any atom is -0.480 e. The molecule has 1 atom stereocenters. The summed E-state index contributed by atoms with van der Waals surface area (Å²) in [6.07, 6.45) is 7.12. The van der Waals surface area contributed by atoms with Gasteiger partial charge in [-0.05, 0) is 59.0 Å². The lowest BCUT2D eigenvalue weighted by Crippen LogP contribution is -2.50. The fourth-order valence-electron chi connectivity index (χ4n) is 2.92. The highest BCUT2D eigenvalue weighted by molar-refractivity contribution is 5.78. The van der Waals surface area contributed by atoms with Gasteiger partial charge in [-0.1, -0.05) is 13.3 Å². The Balaban J connectivity index is 2.39. The van der Waals surface area contributed by atoms with E-state index >= 15 is 0 Å². The molecule has 1 unspecified atom stereocenters. The van der Waals surface area contributed by atoms with E-state index in [1.165, 1.54) is 32.1 Å². The Morgan fingerprint density at radius 1 is 1.37 bits per heavy atom. The number of aliphatic carboxylic acids is 1. The number of rotatable bonds is 7. The molecule has 19 heavy (non-hydrogen) atoms. The van der Waals surface area contributed by atoms with Crippen LogP contribution in [0.2, 0.25) is 0 Å². The molecule has 112 valence electrons. The van der Waals surface area contributed by atoms with Gasteiger partial charge >= 0.3 is 5.97 Å². The Bertz CT molecular complexity index is 288. The van der Waals surface area contributed by atoms with E-state index in [0.717, 1.165) is 12.5 Å². The van der Waals surface area contributed by atoms with Gasteiger partial charge in [0.2, 0.25) is 0 Å². The molecule has 1 aliphatic rings. The first-order valence-electron chi connectivity index (χ1n) is 7.55. The second-order valence-corrected chi connectivity index (χ2v) is 6.20. The van der Waals surface area contributed by atoms with Crippen molar-refractivity contribution < 1.29 is 9.90 Å². The van der Waals surface area contributed by atoms with Gasteiger partial charge in [-0.2, -0.15) is 0 Å². The average molecular weight is 270 g/mol. The molecule has 2 N–H and O–H groups in total. The SMILES string of the molecule is CCC1CCC(N(C)CCC(C)(NC)C(=O)O)CC1. The summed E-state index contributed by atoms with van der Waals surface area (Å²) in [5, 5.41) is 12.2. The number of hydrogen-bond donors (Lipinski definition) is 2. The molecule has 1 rings (SSSR count). The lowest BCUT2D eigenvalue weighted by atomic mass is 9.84. The third-order valence-electron chi connectivity index (χ3n) is 5.01. The van der Waals surface area contributed by atoms with Crippen LogP contribution >= 0.6 is 0 Å². The summed E-state index contributed by atoms with van der Waals surface area (Å²) < 4.78 is 0. The maximum absolute atomic E-state index is 11.2. The quantitative estimate of drug-likeness (QED) is 0.745. The van der Waals surface area contributed by atoms with E-state index in [1.54, 1.807) is 14.0 Å². The van der Waals surface area contributed by atoms with Crippen LogP contribution in [0.5, 0.6) is 0 Å². The molecule has 0 heterocycles. The standard InChI is InChI=1S/C15H30N2O2/c1-5-12-6-8-13(9-7-12)17(4)11-10-15(2,16-3)14(18)19/h12-13,16H,5-11H2,1-4H3,(H,18,19). The van der Waals surface area contributed by atoms with Crippen molar-refractivity contribution in [3.8, 4) is 0 Å². The molecule has 0 radical (unpaired) electrons. The zero-order valence-electron chi connectivity index (χ0n) is 12.9. The van der Waals surface area contributed by atoms with Crippen LogP contribution in [0.15, 0.2) is 0 Å². The molecule has 0 saturated heterocycles. The highest BCUT2D eigenvalue weighted by Crippen LogP contribution is 2.29. The predicted molar refractivity (Wildman–Crippen MR) is 78.4 cm³/mol. The highest BCUT2D eigenvalue weighted by Gasteiger charge is 2.32. The van der Waals surface area contributed by atoms with Crippen molar-refractivity contribution in [1.29, 1.82) is 0 Å². The van der Waals surface area contributed by atoms with Crippen molar-refractivity contribution in [3.05, 3.63) is 0 Å². The fraction of sp³-hybridized carbons (Fsp3) is 0.933. The van der Waals surface area contributed by atoms with Crippen molar-refractivity contribution >= 4 is 5.97 Å². The third kappa shape index (κ3) is 4.46. The molecule has 0 aromatic carbocycles. The average Bonchev–Trinajstić information content (AvgIpc) is 2.44. The number of carbonyl (C=O) groups is 1. The molecule has 1 fully saturated rings. The Labute approximate surface area is 117 Å². The van der Waals surface area contributed by atoms with Gasteiger partial charge < -0.3 is 15.3 Å². The van der Waals surface area contributed by atoms with Crippen LogP contribution in [0, 0.1) is 5.92 Å². The van der Waals surface area contributed by atoms with Crippen LogP contribution in [0.3, 0.4) is 0 Å².